The Kier molecular flexibility index (Phi) is 3.31. The molecule has 0 unspecified atom stereocenters. The Morgan fingerprint density at radius 3 is 2.54 bits per heavy atom. The molecule has 0 bridgehead atoms. The van der Waals surface area contributed by atoms with Crippen molar-refractivity contribution < 1.29 is 9.90 Å². The second-order valence-corrected chi connectivity index (χ2v) is 2.59. The SMILES string of the molecule is O=C(O)c1ccc(CN=C=S)cc1. The number of carbonyl (C=O) groups is 1. The fourth-order valence-electron chi connectivity index (χ4n) is 0.876. The molecule has 4 heteroatoms. The monoisotopic (exact) mass is 193 g/mol. The molecule has 0 aromatic heterocycles. The highest BCUT2D eigenvalue weighted by atomic mass is 32.1. The summed E-state index contributed by atoms with van der Waals surface area (Å²) < 4.78 is 0. The first-order chi connectivity index (χ1) is 6.24. The summed E-state index contributed by atoms with van der Waals surface area (Å²) in [6.07, 6.45) is 0. The molecule has 0 saturated heterocycles. The summed E-state index contributed by atoms with van der Waals surface area (Å²) in [7, 11) is 0. The first-order valence-corrected chi connectivity index (χ1v) is 4.00. The first kappa shape index (κ1) is 9.58. The molecule has 0 heterocycles. The van der Waals surface area contributed by atoms with E-state index in [-0.39, 0.29) is 5.56 Å². The van der Waals surface area contributed by atoms with Gasteiger partial charge in [-0.2, -0.15) is 0 Å². The lowest BCUT2D eigenvalue weighted by Gasteiger charge is -1.96. The predicted molar refractivity (Wildman–Crippen MR) is 52.1 cm³/mol. The third-order valence-corrected chi connectivity index (χ3v) is 1.66. The Balaban J connectivity index is 2.80. The molecule has 0 aliphatic rings. The molecule has 1 aromatic carbocycles. The number of carboxylic acids is 1. The topological polar surface area (TPSA) is 49.7 Å². The zero-order chi connectivity index (χ0) is 9.68. The van der Waals surface area contributed by atoms with Crippen LogP contribution in [0.1, 0.15) is 15.9 Å². The lowest BCUT2D eigenvalue weighted by Crippen LogP contribution is -1.95. The number of isothiocyanates is 1. The Bertz CT molecular complexity index is 352. The third-order valence-electron chi connectivity index (χ3n) is 1.53. The Labute approximate surface area is 80.7 Å². The normalized spacial score (nSPS) is 8.92. The van der Waals surface area contributed by atoms with Gasteiger partial charge in [0.1, 0.15) is 0 Å². The summed E-state index contributed by atoms with van der Waals surface area (Å²) >= 11 is 4.41. The van der Waals surface area contributed by atoms with Crippen LogP contribution >= 0.6 is 12.2 Å². The first-order valence-electron chi connectivity index (χ1n) is 3.60. The summed E-state index contributed by atoms with van der Waals surface area (Å²) in [6, 6.07) is 6.49. The van der Waals surface area contributed by atoms with Gasteiger partial charge in [-0.1, -0.05) is 12.1 Å². The predicted octanol–water partition coefficient (Wildman–Crippen LogP) is 1.99. The zero-order valence-corrected chi connectivity index (χ0v) is 7.54. The van der Waals surface area contributed by atoms with Crippen molar-refractivity contribution in [2.75, 3.05) is 0 Å². The van der Waals surface area contributed by atoms with Crippen molar-refractivity contribution >= 4 is 23.3 Å². The highest BCUT2D eigenvalue weighted by Crippen LogP contribution is 2.05. The molecule has 0 aliphatic heterocycles. The van der Waals surface area contributed by atoms with Gasteiger partial charge in [0, 0.05) is 0 Å². The number of hydrogen-bond donors (Lipinski definition) is 1. The van der Waals surface area contributed by atoms with Crippen molar-refractivity contribution in [3.8, 4) is 0 Å². The van der Waals surface area contributed by atoms with Crippen molar-refractivity contribution in [2.24, 2.45) is 4.99 Å². The summed E-state index contributed by atoms with van der Waals surface area (Å²) in [4.78, 5) is 14.2. The average Bonchev–Trinajstić information content (AvgIpc) is 2.15. The summed E-state index contributed by atoms with van der Waals surface area (Å²) in [6.45, 7) is 0.448. The van der Waals surface area contributed by atoms with E-state index in [4.69, 9.17) is 5.11 Å². The minimum atomic E-state index is -0.926. The maximum Gasteiger partial charge on any atom is 0.335 e. The molecule has 0 aliphatic carbocycles. The molecule has 0 fully saturated rings. The van der Waals surface area contributed by atoms with Gasteiger partial charge in [-0.05, 0) is 29.9 Å². The van der Waals surface area contributed by atoms with Crippen molar-refractivity contribution in [1.29, 1.82) is 0 Å². The van der Waals surface area contributed by atoms with E-state index < -0.39 is 5.97 Å². The van der Waals surface area contributed by atoms with Crippen LogP contribution in [0.2, 0.25) is 0 Å². The summed E-state index contributed by atoms with van der Waals surface area (Å²) in [5.74, 6) is -0.926. The van der Waals surface area contributed by atoms with Gasteiger partial charge in [-0.15, -0.1) is 0 Å². The second kappa shape index (κ2) is 4.50. The van der Waals surface area contributed by atoms with Gasteiger partial charge >= 0.3 is 5.97 Å². The number of thiocarbonyl (C=S) groups is 1. The fraction of sp³-hybridized carbons (Fsp3) is 0.111. The van der Waals surface area contributed by atoms with Crippen LogP contribution in [0.15, 0.2) is 29.3 Å². The Hall–Kier alpha value is -1.51. The molecule has 1 aromatic rings. The molecule has 1 N–H and O–H groups in total. The van der Waals surface area contributed by atoms with Crippen LogP contribution < -0.4 is 0 Å². The van der Waals surface area contributed by atoms with Gasteiger partial charge in [0.05, 0.1) is 17.3 Å². The Morgan fingerprint density at radius 1 is 1.46 bits per heavy atom. The van der Waals surface area contributed by atoms with Crippen molar-refractivity contribution in [3.05, 3.63) is 35.4 Å². The molecular formula is C9H7NO2S. The maximum atomic E-state index is 10.5. The zero-order valence-electron chi connectivity index (χ0n) is 6.73. The van der Waals surface area contributed by atoms with Gasteiger partial charge in [0.2, 0.25) is 0 Å². The minimum Gasteiger partial charge on any atom is -0.478 e. The van der Waals surface area contributed by atoms with E-state index in [1.165, 1.54) is 12.1 Å². The van der Waals surface area contributed by atoms with E-state index in [2.05, 4.69) is 22.4 Å². The van der Waals surface area contributed by atoms with E-state index in [0.717, 1.165) is 5.56 Å². The smallest absolute Gasteiger partial charge is 0.335 e. The van der Waals surface area contributed by atoms with E-state index in [1.807, 2.05) is 0 Å². The maximum absolute atomic E-state index is 10.5. The lowest BCUT2D eigenvalue weighted by atomic mass is 10.1. The number of benzene rings is 1. The quantitative estimate of drug-likeness (QED) is 0.590. The van der Waals surface area contributed by atoms with Crippen LogP contribution in [-0.4, -0.2) is 16.2 Å². The largest absolute Gasteiger partial charge is 0.478 e. The molecule has 66 valence electrons. The van der Waals surface area contributed by atoms with E-state index in [0.29, 0.717) is 6.54 Å². The van der Waals surface area contributed by atoms with E-state index in [9.17, 15) is 4.79 Å². The van der Waals surface area contributed by atoms with Gasteiger partial charge in [-0.3, -0.25) is 0 Å². The molecule has 0 amide bonds. The van der Waals surface area contributed by atoms with Crippen LogP contribution in [0.3, 0.4) is 0 Å². The minimum absolute atomic E-state index is 0.273. The van der Waals surface area contributed by atoms with Crippen LogP contribution in [-0.2, 0) is 6.54 Å². The number of nitrogens with zero attached hydrogens (tertiary/aromatic N) is 1. The van der Waals surface area contributed by atoms with Gasteiger partial charge in [0.25, 0.3) is 0 Å². The second-order valence-electron chi connectivity index (χ2n) is 2.41. The molecule has 0 saturated carbocycles. The number of hydrogen-bond acceptors (Lipinski definition) is 3. The molecular weight excluding hydrogens is 186 g/mol. The summed E-state index contributed by atoms with van der Waals surface area (Å²) in [5, 5.41) is 10.8. The van der Waals surface area contributed by atoms with Crippen LogP contribution in [0.4, 0.5) is 0 Å². The number of carboxylic acid groups (broad SMARTS) is 1. The van der Waals surface area contributed by atoms with E-state index in [1.54, 1.807) is 12.1 Å². The summed E-state index contributed by atoms with van der Waals surface area (Å²) in [5.41, 5.74) is 1.19. The molecule has 1 rings (SSSR count). The molecule has 0 atom stereocenters. The van der Waals surface area contributed by atoms with Crippen LogP contribution in [0, 0.1) is 0 Å². The highest BCUT2D eigenvalue weighted by Gasteiger charge is 2.00. The number of rotatable bonds is 3. The molecule has 0 spiro atoms. The fourth-order valence-corrected chi connectivity index (χ4v) is 0.941. The third kappa shape index (κ3) is 2.78. The van der Waals surface area contributed by atoms with Crippen molar-refractivity contribution in [2.45, 2.75) is 6.54 Å². The molecule has 13 heavy (non-hydrogen) atoms. The van der Waals surface area contributed by atoms with Gasteiger partial charge in [-0.25, -0.2) is 9.79 Å². The standard InChI is InChI=1S/C9H7NO2S/c11-9(12)8-3-1-7(2-4-8)5-10-6-13/h1-4H,5H2,(H,11,12). The number of aromatic carboxylic acids is 1. The van der Waals surface area contributed by atoms with Crippen LogP contribution in [0.25, 0.3) is 0 Å². The Morgan fingerprint density at radius 2 is 2.08 bits per heavy atom. The molecule has 3 nitrogen and oxygen atoms in total. The van der Waals surface area contributed by atoms with Crippen LogP contribution in [0.5, 0.6) is 0 Å². The van der Waals surface area contributed by atoms with Gasteiger partial charge < -0.3 is 5.11 Å². The highest BCUT2D eigenvalue weighted by molar-refractivity contribution is 7.78. The number of aliphatic imine (C=N–C) groups is 1. The van der Waals surface area contributed by atoms with E-state index >= 15 is 0 Å². The molecule has 0 radical (unpaired) electrons. The van der Waals surface area contributed by atoms with Gasteiger partial charge in [0.15, 0.2) is 0 Å². The lowest BCUT2D eigenvalue weighted by molar-refractivity contribution is 0.0697. The average molecular weight is 193 g/mol. The van der Waals surface area contributed by atoms with Crippen molar-refractivity contribution in [1.82, 2.24) is 0 Å². The van der Waals surface area contributed by atoms with Crippen molar-refractivity contribution in [3.63, 3.8) is 0 Å².